The van der Waals surface area contributed by atoms with E-state index < -0.39 is 0 Å². The highest BCUT2D eigenvalue weighted by Gasteiger charge is 2.33. The van der Waals surface area contributed by atoms with Crippen molar-refractivity contribution in [3.05, 3.63) is 95.1 Å². The van der Waals surface area contributed by atoms with Crippen molar-refractivity contribution in [3.8, 4) is 5.75 Å². The van der Waals surface area contributed by atoms with E-state index in [2.05, 4.69) is 10.6 Å². The van der Waals surface area contributed by atoms with E-state index >= 15 is 0 Å². The fourth-order valence-electron chi connectivity index (χ4n) is 3.62. The summed E-state index contributed by atoms with van der Waals surface area (Å²) in [6.45, 7) is 1.91. The number of methoxy groups -OCH3 is 1. The van der Waals surface area contributed by atoms with Gasteiger partial charge in [-0.3, -0.25) is 9.59 Å². The molecule has 1 aliphatic rings. The summed E-state index contributed by atoms with van der Waals surface area (Å²) in [5.74, 6) is 0.889. The fourth-order valence-corrected chi connectivity index (χ4v) is 3.62. The van der Waals surface area contributed by atoms with Gasteiger partial charge in [0.1, 0.15) is 5.75 Å². The molecule has 3 aromatic rings. The van der Waals surface area contributed by atoms with Crippen LogP contribution < -0.4 is 15.4 Å². The SMILES string of the molecule is COc1ccc([C@@H](NC(=O)c2ccc(C)c(NC(=O)c3ccccc3)c2)C2CC2)cc1. The van der Waals surface area contributed by atoms with Crippen molar-refractivity contribution in [2.75, 3.05) is 12.4 Å². The molecule has 1 saturated carbocycles. The normalized spacial score (nSPS) is 13.9. The maximum absolute atomic E-state index is 13.1. The lowest BCUT2D eigenvalue weighted by molar-refractivity contribution is 0.0930. The number of benzene rings is 3. The van der Waals surface area contributed by atoms with Crippen LogP contribution in [0.1, 0.15) is 50.7 Å². The summed E-state index contributed by atoms with van der Waals surface area (Å²) in [5, 5.41) is 6.11. The van der Waals surface area contributed by atoms with Crippen LogP contribution in [0, 0.1) is 12.8 Å². The minimum atomic E-state index is -0.199. The zero-order valence-electron chi connectivity index (χ0n) is 17.7. The molecule has 1 aliphatic carbocycles. The molecule has 0 unspecified atom stereocenters. The van der Waals surface area contributed by atoms with Crippen LogP contribution in [0.2, 0.25) is 0 Å². The minimum absolute atomic E-state index is 0.0398. The van der Waals surface area contributed by atoms with E-state index in [0.717, 1.165) is 29.7 Å². The Morgan fingerprint density at radius 2 is 1.61 bits per heavy atom. The lowest BCUT2D eigenvalue weighted by atomic mass is 10.0. The van der Waals surface area contributed by atoms with Crippen molar-refractivity contribution in [3.63, 3.8) is 0 Å². The Balaban J connectivity index is 1.51. The number of hydrogen-bond donors (Lipinski definition) is 2. The van der Waals surface area contributed by atoms with Gasteiger partial charge in [0.25, 0.3) is 11.8 Å². The zero-order valence-corrected chi connectivity index (χ0v) is 17.7. The molecule has 0 radical (unpaired) electrons. The second kappa shape index (κ2) is 9.04. The van der Waals surface area contributed by atoms with Gasteiger partial charge >= 0.3 is 0 Å². The Labute approximate surface area is 182 Å². The summed E-state index contributed by atoms with van der Waals surface area (Å²) in [7, 11) is 1.64. The molecule has 5 nitrogen and oxygen atoms in total. The molecular weight excluding hydrogens is 388 g/mol. The lowest BCUT2D eigenvalue weighted by Crippen LogP contribution is -2.30. The molecule has 3 aromatic carbocycles. The van der Waals surface area contributed by atoms with Crippen molar-refractivity contribution in [1.29, 1.82) is 0 Å². The Kier molecular flexibility index (Phi) is 6.03. The Bertz CT molecular complexity index is 1070. The molecule has 5 heteroatoms. The summed E-state index contributed by atoms with van der Waals surface area (Å²) >= 11 is 0. The summed E-state index contributed by atoms with van der Waals surface area (Å²) in [4.78, 5) is 25.6. The number of aryl methyl sites for hydroxylation is 1. The van der Waals surface area contributed by atoms with Gasteiger partial charge in [0.2, 0.25) is 0 Å². The first-order chi connectivity index (χ1) is 15.0. The average Bonchev–Trinajstić information content (AvgIpc) is 3.64. The van der Waals surface area contributed by atoms with Gasteiger partial charge in [-0.25, -0.2) is 0 Å². The summed E-state index contributed by atoms with van der Waals surface area (Å²) in [6.07, 6.45) is 2.20. The van der Waals surface area contributed by atoms with E-state index in [1.165, 1.54) is 0 Å². The van der Waals surface area contributed by atoms with Gasteiger partial charge in [-0.05, 0) is 73.2 Å². The smallest absolute Gasteiger partial charge is 0.255 e. The first kappa shape index (κ1) is 20.7. The van der Waals surface area contributed by atoms with Crippen molar-refractivity contribution in [2.45, 2.75) is 25.8 Å². The third-order valence-corrected chi connectivity index (χ3v) is 5.64. The Morgan fingerprint density at radius 3 is 2.26 bits per heavy atom. The van der Waals surface area contributed by atoms with Gasteiger partial charge in [0.15, 0.2) is 0 Å². The number of rotatable bonds is 7. The first-order valence-electron chi connectivity index (χ1n) is 10.5. The Hall–Kier alpha value is -3.60. The van der Waals surface area contributed by atoms with E-state index in [9.17, 15) is 9.59 Å². The van der Waals surface area contributed by atoms with E-state index in [-0.39, 0.29) is 17.9 Å². The van der Waals surface area contributed by atoms with Gasteiger partial charge < -0.3 is 15.4 Å². The van der Waals surface area contributed by atoms with Crippen LogP contribution in [-0.2, 0) is 0 Å². The largest absolute Gasteiger partial charge is 0.497 e. The first-order valence-corrected chi connectivity index (χ1v) is 10.5. The highest BCUT2D eigenvalue weighted by atomic mass is 16.5. The van der Waals surface area contributed by atoms with Crippen LogP contribution in [-0.4, -0.2) is 18.9 Å². The molecule has 158 valence electrons. The maximum Gasteiger partial charge on any atom is 0.255 e. The minimum Gasteiger partial charge on any atom is -0.497 e. The van der Waals surface area contributed by atoms with Gasteiger partial charge in [0, 0.05) is 16.8 Å². The molecular formula is C26H26N2O3. The maximum atomic E-state index is 13.1. The zero-order chi connectivity index (χ0) is 21.8. The summed E-state index contributed by atoms with van der Waals surface area (Å²) in [6, 6.07) is 22.2. The standard InChI is InChI=1S/C26H26N2O3/c1-17-8-9-21(16-23(17)27-25(29)20-6-4-3-5-7-20)26(30)28-24(18-10-11-18)19-12-14-22(31-2)15-13-19/h3-9,12-16,18,24H,10-11H2,1-2H3,(H,27,29)(H,28,30)/t24-/m0/s1. The van der Waals surface area contributed by atoms with Crippen LogP contribution in [0.5, 0.6) is 5.75 Å². The van der Waals surface area contributed by atoms with E-state index in [4.69, 9.17) is 4.74 Å². The van der Waals surface area contributed by atoms with E-state index in [1.807, 2.05) is 55.5 Å². The third kappa shape index (κ3) is 4.94. The van der Waals surface area contributed by atoms with Crippen molar-refractivity contribution >= 4 is 17.5 Å². The number of nitrogens with one attached hydrogen (secondary N) is 2. The number of amides is 2. The number of hydrogen-bond acceptors (Lipinski definition) is 3. The molecule has 0 bridgehead atoms. The van der Waals surface area contributed by atoms with Crippen LogP contribution in [0.4, 0.5) is 5.69 Å². The molecule has 1 fully saturated rings. The van der Waals surface area contributed by atoms with Crippen molar-refractivity contribution in [2.24, 2.45) is 5.92 Å². The summed E-state index contributed by atoms with van der Waals surface area (Å²) in [5.41, 5.74) is 3.70. The molecule has 0 saturated heterocycles. The molecule has 4 rings (SSSR count). The van der Waals surface area contributed by atoms with Gasteiger partial charge in [-0.2, -0.15) is 0 Å². The average molecular weight is 415 g/mol. The highest BCUT2D eigenvalue weighted by Crippen LogP contribution is 2.41. The fraction of sp³-hybridized carbons (Fsp3) is 0.231. The molecule has 31 heavy (non-hydrogen) atoms. The number of ether oxygens (including phenoxy) is 1. The predicted molar refractivity (Wildman–Crippen MR) is 121 cm³/mol. The molecule has 0 heterocycles. The molecule has 1 atom stereocenters. The van der Waals surface area contributed by atoms with Crippen molar-refractivity contribution < 1.29 is 14.3 Å². The van der Waals surface area contributed by atoms with E-state index in [1.54, 1.807) is 31.4 Å². The second-order valence-electron chi connectivity index (χ2n) is 7.91. The van der Waals surface area contributed by atoms with Crippen LogP contribution in [0.3, 0.4) is 0 Å². The second-order valence-corrected chi connectivity index (χ2v) is 7.91. The van der Waals surface area contributed by atoms with Gasteiger partial charge in [0.05, 0.1) is 13.2 Å². The van der Waals surface area contributed by atoms with Crippen LogP contribution in [0.25, 0.3) is 0 Å². The van der Waals surface area contributed by atoms with Crippen LogP contribution in [0.15, 0.2) is 72.8 Å². The molecule has 0 aromatic heterocycles. The lowest BCUT2D eigenvalue weighted by Gasteiger charge is -2.20. The molecule has 2 amide bonds. The number of carbonyl (C=O) groups is 2. The molecule has 2 N–H and O–H groups in total. The molecule has 0 aliphatic heterocycles. The molecule has 0 spiro atoms. The summed E-state index contributed by atoms with van der Waals surface area (Å²) < 4.78 is 5.24. The van der Waals surface area contributed by atoms with Gasteiger partial charge in [-0.15, -0.1) is 0 Å². The van der Waals surface area contributed by atoms with Gasteiger partial charge in [-0.1, -0.05) is 36.4 Å². The van der Waals surface area contributed by atoms with E-state index in [0.29, 0.717) is 22.7 Å². The van der Waals surface area contributed by atoms with Crippen LogP contribution >= 0.6 is 0 Å². The quantitative estimate of drug-likeness (QED) is 0.563. The monoisotopic (exact) mass is 414 g/mol. The third-order valence-electron chi connectivity index (χ3n) is 5.64. The highest BCUT2D eigenvalue weighted by molar-refractivity contribution is 6.05. The Morgan fingerprint density at radius 1 is 0.903 bits per heavy atom. The number of carbonyl (C=O) groups excluding carboxylic acids is 2. The number of anilines is 1. The topological polar surface area (TPSA) is 67.4 Å². The van der Waals surface area contributed by atoms with Crippen molar-refractivity contribution in [1.82, 2.24) is 5.32 Å². The predicted octanol–water partition coefficient (Wildman–Crippen LogP) is 5.14.